The molecule has 1 N–H and O–H groups in total. The maximum atomic E-state index is 13.4. The molecule has 0 bridgehead atoms. The molecule has 0 aliphatic carbocycles. The number of aromatic nitrogens is 2. The number of pyridine rings is 1. The molecule has 0 saturated carbocycles. The van der Waals surface area contributed by atoms with Gasteiger partial charge in [-0.3, -0.25) is 4.79 Å². The Balaban J connectivity index is 1.99. The molecule has 25 heavy (non-hydrogen) atoms. The van der Waals surface area contributed by atoms with Crippen LogP contribution in [-0.4, -0.2) is 34.5 Å². The van der Waals surface area contributed by atoms with Crippen molar-refractivity contribution in [1.29, 1.82) is 0 Å². The number of hydrogen-bond acceptors (Lipinski definition) is 3. The predicted octanol–water partition coefficient (Wildman–Crippen LogP) is 3.97. The molecular formula is C18H18ClFN4O. The van der Waals surface area contributed by atoms with E-state index in [0.29, 0.717) is 22.1 Å². The molecular weight excluding hydrogens is 343 g/mol. The van der Waals surface area contributed by atoms with Crippen molar-refractivity contribution in [2.45, 2.75) is 13.5 Å². The van der Waals surface area contributed by atoms with Crippen LogP contribution in [0.25, 0.3) is 10.9 Å². The Morgan fingerprint density at radius 2 is 2.12 bits per heavy atom. The standard InChI is InChI=1S/C18H18ClFN4O/c1-11-8-12(20)9-14(19)17(11)22-18-13-5-7-24(10-16(25)23(2)3)15(13)4-6-21-18/h4-9H,10H2,1-3H3,(H,21,22). The normalized spacial score (nSPS) is 10.9. The van der Waals surface area contributed by atoms with E-state index in [-0.39, 0.29) is 18.3 Å². The Kier molecular flexibility index (Phi) is 4.63. The second-order valence-corrected chi connectivity index (χ2v) is 6.44. The molecule has 2 heterocycles. The number of hydrogen-bond donors (Lipinski definition) is 1. The minimum Gasteiger partial charge on any atom is -0.347 e. The van der Waals surface area contributed by atoms with Gasteiger partial charge in [-0.15, -0.1) is 0 Å². The highest BCUT2D eigenvalue weighted by molar-refractivity contribution is 6.33. The Hall–Kier alpha value is -2.60. The molecule has 0 spiro atoms. The Morgan fingerprint density at radius 1 is 1.36 bits per heavy atom. The summed E-state index contributed by atoms with van der Waals surface area (Å²) in [6.45, 7) is 2.02. The lowest BCUT2D eigenvalue weighted by molar-refractivity contribution is -0.129. The van der Waals surface area contributed by atoms with Gasteiger partial charge >= 0.3 is 0 Å². The van der Waals surface area contributed by atoms with Crippen molar-refractivity contribution >= 4 is 39.9 Å². The van der Waals surface area contributed by atoms with Gasteiger partial charge in [0.15, 0.2) is 0 Å². The van der Waals surface area contributed by atoms with Crippen LogP contribution < -0.4 is 5.32 Å². The van der Waals surface area contributed by atoms with Gasteiger partial charge in [0.25, 0.3) is 0 Å². The van der Waals surface area contributed by atoms with E-state index in [1.54, 1.807) is 32.1 Å². The molecule has 0 fully saturated rings. The molecule has 0 unspecified atom stereocenters. The molecule has 0 radical (unpaired) electrons. The summed E-state index contributed by atoms with van der Waals surface area (Å²) in [5, 5.41) is 4.33. The van der Waals surface area contributed by atoms with Crippen LogP contribution in [-0.2, 0) is 11.3 Å². The molecule has 1 aromatic carbocycles. The third kappa shape index (κ3) is 3.44. The number of halogens is 2. The first-order valence-electron chi connectivity index (χ1n) is 7.73. The van der Waals surface area contributed by atoms with E-state index < -0.39 is 0 Å². The number of nitrogens with zero attached hydrogens (tertiary/aromatic N) is 3. The van der Waals surface area contributed by atoms with Crippen LogP contribution in [0.1, 0.15) is 5.56 Å². The summed E-state index contributed by atoms with van der Waals surface area (Å²) in [6, 6.07) is 6.41. The highest BCUT2D eigenvalue weighted by Gasteiger charge is 2.13. The van der Waals surface area contributed by atoms with Gasteiger partial charge in [-0.2, -0.15) is 0 Å². The van der Waals surface area contributed by atoms with Gasteiger partial charge < -0.3 is 14.8 Å². The van der Waals surface area contributed by atoms with Crippen LogP contribution in [0.3, 0.4) is 0 Å². The smallest absolute Gasteiger partial charge is 0.241 e. The number of likely N-dealkylation sites (N-methyl/N-ethyl adjacent to an activating group) is 1. The Labute approximate surface area is 150 Å². The second-order valence-electron chi connectivity index (χ2n) is 6.03. The SMILES string of the molecule is Cc1cc(F)cc(Cl)c1Nc1nccc2c1ccn2CC(=O)N(C)C. The van der Waals surface area contributed by atoms with Crippen molar-refractivity contribution in [2.24, 2.45) is 0 Å². The molecule has 2 aromatic heterocycles. The maximum absolute atomic E-state index is 13.4. The first-order chi connectivity index (χ1) is 11.9. The number of benzene rings is 1. The monoisotopic (exact) mass is 360 g/mol. The largest absolute Gasteiger partial charge is 0.347 e. The lowest BCUT2D eigenvalue weighted by Gasteiger charge is -2.13. The quantitative estimate of drug-likeness (QED) is 0.766. The minimum absolute atomic E-state index is 0.00115. The molecule has 0 aliphatic heterocycles. The first kappa shape index (κ1) is 17.2. The fourth-order valence-electron chi connectivity index (χ4n) is 2.63. The third-order valence-electron chi connectivity index (χ3n) is 4.00. The zero-order valence-electron chi connectivity index (χ0n) is 14.2. The molecule has 3 rings (SSSR count). The lowest BCUT2D eigenvalue weighted by Crippen LogP contribution is -2.25. The molecule has 130 valence electrons. The van der Waals surface area contributed by atoms with Crippen molar-refractivity contribution in [2.75, 3.05) is 19.4 Å². The second kappa shape index (κ2) is 6.72. The topological polar surface area (TPSA) is 50.2 Å². The van der Waals surface area contributed by atoms with E-state index in [9.17, 15) is 9.18 Å². The fourth-order valence-corrected chi connectivity index (χ4v) is 2.93. The van der Waals surface area contributed by atoms with Gasteiger partial charge in [-0.05, 0) is 36.8 Å². The van der Waals surface area contributed by atoms with Gasteiger partial charge in [-0.25, -0.2) is 9.37 Å². The fraction of sp³-hybridized carbons (Fsp3) is 0.222. The van der Waals surface area contributed by atoms with Gasteiger partial charge in [0.2, 0.25) is 5.91 Å². The molecule has 5 nitrogen and oxygen atoms in total. The molecule has 3 aromatic rings. The number of fused-ring (bicyclic) bond motifs is 1. The van der Waals surface area contributed by atoms with E-state index >= 15 is 0 Å². The number of carbonyl (C=O) groups excluding carboxylic acids is 1. The van der Waals surface area contributed by atoms with Crippen molar-refractivity contribution in [3.05, 3.63) is 53.1 Å². The van der Waals surface area contributed by atoms with Crippen LogP contribution in [0.4, 0.5) is 15.9 Å². The van der Waals surface area contributed by atoms with Crippen LogP contribution >= 0.6 is 11.6 Å². The van der Waals surface area contributed by atoms with Crippen molar-refractivity contribution in [3.63, 3.8) is 0 Å². The van der Waals surface area contributed by atoms with Crippen LogP contribution in [0.5, 0.6) is 0 Å². The van der Waals surface area contributed by atoms with E-state index in [1.165, 1.54) is 12.1 Å². The number of carbonyl (C=O) groups is 1. The zero-order valence-corrected chi connectivity index (χ0v) is 14.9. The number of anilines is 2. The highest BCUT2D eigenvalue weighted by atomic mass is 35.5. The van der Waals surface area contributed by atoms with E-state index in [1.807, 2.05) is 22.9 Å². The Morgan fingerprint density at radius 3 is 2.80 bits per heavy atom. The minimum atomic E-state index is -0.382. The lowest BCUT2D eigenvalue weighted by atomic mass is 10.2. The van der Waals surface area contributed by atoms with Gasteiger partial charge in [-0.1, -0.05) is 11.6 Å². The summed E-state index contributed by atoms with van der Waals surface area (Å²) in [7, 11) is 3.45. The summed E-state index contributed by atoms with van der Waals surface area (Å²) < 4.78 is 15.3. The van der Waals surface area contributed by atoms with Crippen molar-refractivity contribution < 1.29 is 9.18 Å². The maximum Gasteiger partial charge on any atom is 0.241 e. The summed E-state index contributed by atoms with van der Waals surface area (Å²) >= 11 is 6.16. The van der Waals surface area contributed by atoms with Gasteiger partial charge in [0, 0.05) is 31.9 Å². The van der Waals surface area contributed by atoms with Crippen molar-refractivity contribution in [1.82, 2.24) is 14.5 Å². The van der Waals surface area contributed by atoms with Crippen LogP contribution in [0.2, 0.25) is 5.02 Å². The predicted molar refractivity (Wildman–Crippen MR) is 97.9 cm³/mol. The molecule has 0 saturated heterocycles. The zero-order chi connectivity index (χ0) is 18.1. The highest BCUT2D eigenvalue weighted by Crippen LogP contribution is 2.32. The van der Waals surface area contributed by atoms with Gasteiger partial charge in [0.05, 0.1) is 16.2 Å². The summed E-state index contributed by atoms with van der Waals surface area (Å²) in [6.07, 6.45) is 3.51. The van der Waals surface area contributed by atoms with Crippen LogP contribution in [0, 0.1) is 12.7 Å². The molecule has 0 aliphatic rings. The van der Waals surface area contributed by atoms with Gasteiger partial charge in [0.1, 0.15) is 18.2 Å². The number of nitrogens with one attached hydrogen (secondary N) is 1. The van der Waals surface area contributed by atoms with Crippen molar-refractivity contribution in [3.8, 4) is 0 Å². The average molecular weight is 361 g/mol. The summed E-state index contributed by atoms with van der Waals surface area (Å²) in [5.74, 6) is 0.221. The third-order valence-corrected chi connectivity index (χ3v) is 4.30. The van der Waals surface area contributed by atoms with Crippen LogP contribution in [0.15, 0.2) is 36.7 Å². The average Bonchev–Trinajstić information content (AvgIpc) is 2.94. The number of aryl methyl sites for hydroxylation is 1. The molecule has 0 atom stereocenters. The van der Waals surface area contributed by atoms with E-state index in [4.69, 9.17) is 11.6 Å². The molecule has 1 amide bonds. The van der Waals surface area contributed by atoms with E-state index in [2.05, 4.69) is 10.3 Å². The summed E-state index contributed by atoms with van der Waals surface area (Å²) in [4.78, 5) is 17.9. The molecule has 7 heteroatoms. The first-order valence-corrected chi connectivity index (χ1v) is 8.11. The van der Waals surface area contributed by atoms with E-state index in [0.717, 1.165) is 10.9 Å². The number of amides is 1. The Bertz CT molecular complexity index is 928. The summed E-state index contributed by atoms with van der Waals surface area (Å²) in [5.41, 5.74) is 2.18. The number of rotatable bonds is 4.